The minimum Gasteiger partial charge on any atom is -0.492 e. The van der Waals surface area contributed by atoms with E-state index in [2.05, 4.69) is 10.2 Å². The Bertz CT molecular complexity index is 975. The lowest BCUT2D eigenvalue weighted by molar-refractivity contribution is 0.0880. The van der Waals surface area contributed by atoms with Crippen molar-refractivity contribution >= 4 is 17.6 Å². The molecule has 0 atom stereocenters. The summed E-state index contributed by atoms with van der Waals surface area (Å²) in [6.45, 7) is 3.74. The van der Waals surface area contributed by atoms with Crippen molar-refractivity contribution in [1.29, 1.82) is 0 Å². The number of hydrogen-bond acceptors (Lipinski definition) is 6. The standard InChI is InChI=1S/C20H22N4O4/c21-18-17-15(19(26)22-20(17)27)12-16(25)24(18)13-4-6-14(7-5-13)28-11-10-23-8-2-1-3-9-23/h4-7,12H,1-3,8-11,21H2,(H,22,26,27). The van der Waals surface area contributed by atoms with Crippen LogP contribution in [0, 0.1) is 0 Å². The van der Waals surface area contributed by atoms with Gasteiger partial charge in [-0.15, -0.1) is 0 Å². The first kappa shape index (κ1) is 18.2. The van der Waals surface area contributed by atoms with Gasteiger partial charge in [0.15, 0.2) is 0 Å². The molecule has 8 heteroatoms. The maximum atomic E-state index is 12.4. The number of rotatable bonds is 5. The number of ether oxygens (including phenoxy) is 1. The first-order chi connectivity index (χ1) is 13.5. The molecule has 1 aromatic carbocycles. The summed E-state index contributed by atoms with van der Waals surface area (Å²) in [5, 5.41) is 2.15. The lowest BCUT2D eigenvalue weighted by Crippen LogP contribution is -2.33. The van der Waals surface area contributed by atoms with Crippen LogP contribution in [0.2, 0.25) is 0 Å². The van der Waals surface area contributed by atoms with Crippen LogP contribution >= 0.6 is 0 Å². The third-order valence-electron chi connectivity index (χ3n) is 5.17. The van der Waals surface area contributed by atoms with Crippen LogP contribution in [0.25, 0.3) is 5.69 Å². The lowest BCUT2D eigenvalue weighted by Gasteiger charge is -2.26. The molecule has 4 rings (SSSR count). The number of piperidine rings is 1. The summed E-state index contributed by atoms with van der Waals surface area (Å²) in [6.07, 6.45) is 3.80. The zero-order valence-electron chi connectivity index (χ0n) is 15.4. The van der Waals surface area contributed by atoms with Gasteiger partial charge >= 0.3 is 0 Å². The largest absolute Gasteiger partial charge is 0.492 e. The molecule has 146 valence electrons. The van der Waals surface area contributed by atoms with Gasteiger partial charge in [-0.1, -0.05) is 6.42 Å². The van der Waals surface area contributed by atoms with E-state index in [9.17, 15) is 14.4 Å². The number of carbonyl (C=O) groups excluding carboxylic acids is 2. The van der Waals surface area contributed by atoms with Crippen molar-refractivity contribution in [3.05, 3.63) is 51.8 Å². The molecule has 0 unspecified atom stereocenters. The predicted molar refractivity (Wildman–Crippen MR) is 104 cm³/mol. The summed E-state index contributed by atoms with van der Waals surface area (Å²) in [5.41, 5.74) is 6.11. The monoisotopic (exact) mass is 382 g/mol. The minimum atomic E-state index is -0.603. The van der Waals surface area contributed by atoms with Crippen LogP contribution in [0.15, 0.2) is 35.1 Å². The Kier molecular flexibility index (Phi) is 4.87. The number of pyridine rings is 1. The van der Waals surface area contributed by atoms with Gasteiger partial charge in [0.05, 0.1) is 16.8 Å². The number of aromatic nitrogens is 1. The number of fused-ring (bicyclic) bond motifs is 1. The second kappa shape index (κ2) is 7.47. The van der Waals surface area contributed by atoms with Gasteiger partial charge in [0, 0.05) is 12.6 Å². The van der Waals surface area contributed by atoms with E-state index in [1.165, 1.54) is 23.8 Å². The van der Waals surface area contributed by atoms with Crippen molar-refractivity contribution in [2.75, 3.05) is 32.0 Å². The molecule has 2 aliphatic rings. The third kappa shape index (κ3) is 3.38. The molecule has 0 spiro atoms. The van der Waals surface area contributed by atoms with Gasteiger partial charge in [0.25, 0.3) is 17.4 Å². The van der Waals surface area contributed by atoms with E-state index >= 15 is 0 Å². The maximum absolute atomic E-state index is 12.4. The molecule has 0 radical (unpaired) electrons. The fourth-order valence-corrected chi connectivity index (χ4v) is 3.71. The maximum Gasteiger partial charge on any atom is 0.262 e. The minimum absolute atomic E-state index is 0.0152. The van der Waals surface area contributed by atoms with Gasteiger partial charge in [-0.25, -0.2) is 0 Å². The Balaban J connectivity index is 1.50. The Morgan fingerprint density at radius 2 is 1.71 bits per heavy atom. The molecular formula is C20H22N4O4. The van der Waals surface area contributed by atoms with Crippen LogP contribution in [0.5, 0.6) is 5.75 Å². The van der Waals surface area contributed by atoms with Crippen LogP contribution in [-0.2, 0) is 0 Å². The number of nitrogen functional groups attached to an aromatic ring is 1. The molecule has 2 aliphatic heterocycles. The van der Waals surface area contributed by atoms with Gasteiger partial charge in [0.2, 0.25) is 0 Å². The Labute approximate surface area is 161 Å². The lowest BCUT2D eigenvalue weighted by atomic mass is 10.1. The predicted octanol–water partition coefficient (Wildman–Crippen LogP) is 1.17. The quantitative estimate of drug-likeness (QED) is 0.752. The molecule has 0 aliphatic carbocycles. The number of imide groups is 1. The van der Waals surface area contributed by atoms with E-state index in [0.717, 1.165) is 25.7 Å². The van der Waals surface area contributed by atoms with Gasteiger partial charge < -0.3 is 10.5 Å². The highest BCUT2D eigenvalue weighted by atomic mass is 16.5. The van der Waals surface area contributed by atoms with Crippen LogP contribution < -0.4 is 21.3 Å². The molecular weight excluding hydrogens is 360 g/mol. The van der Waals surface area contributed by atoms with Gasteiger partial charge in [0.1, 0.15) is 18.2 Å². The van der Waals surface area contributed by atoms with Crippen molar-refractivity contribution < 1.29 is 14.3 Å². The SMILES string of the molecule is Nc1c2c(cc(=O)n1-c1ccc(OCCN3CCCCC3)cc1)C(=O)NC2=O. The average Bonchev–Trinajstić information content (AvgIpc) is 2.97. The number of likely N-dealkylation sites (tertiary alicyclic amines) is 1. The summed E-state index contributed by atoms with van der Waals surface area (Å²) in [6, 6.07) is 8.06. The summed E-state index contributed by atoms with van der Waals surface area (Å²) in [5.74, 6) is -0.552. The molecule has 1 fully saturated rings. The van der Waals surface area contributed by atoms with E-state index in [1.54, 1.807) is 24.3 Å². The topological polar surface area (TPSA) is 107 Å². The van der Waals surface area contributed by atoms with Gasteiger partial charge in [-0.05, 0) is 50.2 Å². The van der Waals surface area contributed by atoms with E-state index in [0.29, 0.717) is 18.0 Å². The fourth-order valence-electron chi connectivity index (χ4n) is 3.71. The first-order valence-electron chi connectivity index (χ1n) is 9.41. The van der Waals surface area contributed by atoms with E-state index in [4.69, 9.17) is 10.5 Å². The van der Waals surface area contributed by atoms with Crippen molar-refractivity contribution in [1.82, 2.24) is 14.8 Å². The van der Waals surface area contributed by atoms with Crippen molar-refractivity contribution in [3.63, 3.8) is 0 Å². The molecule has 8 nitrogen and oxygen atoms in total. The zero-order chi connectivity index (χ0) is 19.7. The number of carbonyl (C=O) groups is 2. The average molecular weight is 382 g/mol. The number of hydrogen-bond donors (Lipinski definition) is 2. The van der Waals surface area contributed by atoms with Crippen LogP contribution in [0.4, 0.5) is 5.82 Å². The summed E-state index contributed by atoms with van der Waals surface area (Å²) in [7, 11) is 0. The van der Waals surface area contributed by atoms with Crippen LogP contribution in [0.1, 0.15) is 40.0 Å². The smallest absolute Gasteiger partial charge is 0.262 e. The molecule has 28 heavy (non-hydrogen) atoms. The summed E-state index contributed by atoms with van der Waals surface area (Å²) in [4.78, 5) is 38.5. The number of nitrogens with one attached hydrogen (secondary N) is 1. The molecule has 0 saturated carbocycles. The molecule has 3 N–H and O–H groups in total. The van der Waals surface area contributed by atoms with Crippen LogP contribution in [-0.4, -0.2) is 47.5 Å². The van der Waals surface area contributed by atoms with E-state index in [-0.39, 0.29) is 16.9 Å². The van der Waals surface area contributed by atoms with Gasteiger partial charge in [-0.3, -0.25) is 29.2 Å². The van der Waals surface area contributed by atoms with E-state index in [1.807, 2.05) is 0 Å². The molecule has 2 aromatic rings. The number of amides is 2. The summed E-state index contributed by atoms with van der Waals surface area (Å²) < 4.78 is 7.01. The molecule has 1 aromatic heterocycles. The van der Waals surface area contributed by atoms with Gasteiger partial charge in [-0.2, -0.15) is 0 Å². The highest BCUT2D eigenvalue weighted by molar-refractivity contribution is 6.23. The van der Waals surface area contributed by atoms with Crippen molar-refractivity contribution in [2.45, 2.75) is 19.3 Å². The number of benzene rings is 1. The van der Waals surface area contributed by atoms with Crippen molar-refractivity contribution in [3.8, 4) is 11.4 Å². The Morgan fingerprint density at radius 3 is 2.43 bits per heavy atom. The first-order valence-corrected chi connectivity index (χ1v) is 9.41. The molecule has 2 amide bonds. The highest BCUT2D eigenvalue weighted by Gasteiger charge is 2.31. The zero-order valence-corrected chi connectivity index (χ0v) is 15.4. The van der Waals surface area contributed by atoms with Crippen molar-refractivity contribution in [2.24, 2.45) is 0 Å². The highest BCUT2D eigenvalue weighted by Crippen LogP contribution is 2.23. The number of nitrogens with two attached hydrogens (primary N) is 1. The fraction of sp³-hybridized carbons (Fsp3) is 0.350. The number of anilines is 1. The second-order valence-corrected chi connectivity index (χ2v) is 7.02. The third-order valence-corrected chi connectivity index (χ3v) is 5.17. The number of nitrogens with zero attached hydrogens (tertiary/aromatic N) is 2. The summed E-state index contributed by atoms with van der Waals surface area (Å²) >= 11 is 0. The molecule has 0 bridgehead atoms. The molecule has 1 saturated heterocycles. The van der Waals surface area contributed by atoms with Crippen LogP contribution in [0.3, 0.4) is 0 Å². The normalized spacial score (nSPS) is 16.7. The van der Waals surface area contributed by atoms with E-state index < -0.39 is 17.4 Å². The Hall–Kier alpha value is -3.13. The second-order valence-electron chi connectivity index (χ2n) is 7.02. The Morgan fingerprint density at radius 1 is 1.00 bits per heavy atom. The molecule has 3 heterocycles.